The van der Waals surface area contributed by atoms with Gasteiger partial charge in [0, 0.05) is 24.2 Å². The summed E-state index contributed by atoms with van der Waals surface area (Å²) in [7, 11) is 0. The molecule has 2 N–H and O–H groups in total. The van der Waals surface area contributed by atoms with Gasteiger partial charge in [0.15, 0.2) is 0 Å². The second-order valence-corrected chi connectivity index (χ2v) is 13.7. The summed E-state index contributed by atoms with van der Waals surface area (Å²) in [5, 5.41) is 6.44. The Morgan fingerprint density at radius 2 is 1.40 bits per heavy atom. The number of esters is 1. The molecule has 2 fully saturated rings. The zero-order chi connectivity index (χ0) is 31.8. The first-order valence-corrected chi connectivity index (χ1v) is 16.4. The Bertz CT molecular complexity index is 1410. The molecule has 7 heteroatoms. The van der Waals surface area contributed by atoms with E-state index in [0.717, 1.165) is 31.4 Å². The molecule has 0 unspecified atom stereocenters. The summed E-state index contributed by atoms with van der Waals surface area (Å²) in [6, 6.07) is 27.1. The summed E-state index contributed by atoms with van der Waals surface area (Å²) in [6.45, 7) is 7.09. The van der Waals surface area contributed by atoms with Crippen molar-refractivity contribution in [2.24, 2.45) is 11.8 Å². The van der Waals surface area contributed by atoms with Gasteiger partial charge in [0.2, 0.25) is 5.91 Å². The number of hydrogen-bond donors (Lipinski definition) is 2. The molecule has 3 aromatic rings. The monoisotopic (exact) mass is 609 g/mol. The Hall–Kier alpha value is -3.97. The van der Waals surface area contributed by atoms with Gasteiger partial charge in [0.05, 0.1) is 17.6 Å². The van der Waals surface area contributed by atoms with Crippen molar-refractivity contribution >= 4 is 17.8 Å². The molecule has 1 saturated heterocycles. The summed E-state index contributed by atoms with van der Waals surface area (Å²) < 4.78 is 6.35. The third kappa shape index (κ3) is 9.04. The number of carbonyl (C=O) groups excluding carboxylic acids is 3. The van der Waals surface area contributed by atoms with Crippen molar-refractivity contribution in [3.05, 3.63) is 108 Å². The number of nitrogens with zero attached hydrogens (tertiary/aromatic N) is 1. The van der Waals surface area contributed by atoms with E-state index in [2.05, 4.69) is 15.5 Å². The van der Waals surface area contributed by atoms with E-state index in [1.807, 2.05) is 87.5 Å². The van der Waals surface area contributed by atoms with E-state index in [0.29, 0.717) is 35.9 Å². The van der Waals surface area contributed by atoms with Crippen LogP contribution in [0.3, 0.4) is 0 Å². The SMILES string of the molecule is CC(C)(C)NC(=O)[C@@H]1C[C@@H]2CCCC[C@@H]2CN1C[C@@H](OC(=O)c1ccccc1)[C@H](Cc1ccccc1)NC(=O)c1ccccc1. The van der Waals surface area contributed by atoms with Gasteiger partial charge in [-0.2, -0.15) is 0 Å². The van der Waals surface area contributed by atoms with Gasteiger partial charge >= 0.3 is 5.97 Å². The molecule has 0 spiro atoms. The second kappa shape index (κ2) is 14.9. The normalized spacial score (nSPS) is 21.5. The smallest absolute Gasteiger partial charge is 0.338 e. The van der Waals surface area contributed by atoms with Crippen LogP contribution < -0.4 is 10.6 Å². The average Bonchev–Trinajstić information content (AvgIpc) is 3.04. The Kier molecular flexibility index (Phi) is 10.7. The molecular formula is C38H47N3O4. The Labute approximate surface area is 267 Å². The zero-order valence-corrected chi connectivity index (χ0v) is 26.8. The molecule has 1 heterocycles. The summed E-state index contributed by atoms with van der Waals surface area (Å²) in [6.07, 6.45) is 5.22. The van der Waals surface area contributed by atoms with Gasteiger partial charge in [-0.1, -0.05) is 86.0 Å². The minimum absolute atomic E-state index is 0.00703. The van der Waals surface area contributed by atoms with Crippen molar-refractivity contribution in [3.8, 4) is 0 Å². The van der Waals surface area contributed by atoms with Gasteiger partial charge in [0.25, 0.3) is 5.91 Å². The van der Waals surface area contributed by atoms with Crippen molar-refractivity contribution in [2.75, 3.05) is 13.1 Å². The summed E-state index contributed by atoms with van der Waals surface area (Å²) in [5.74, 6) is 0.331. The number of hydrogen-bond acceptors (Lipinski definition) is 5. The highest BCUT2D eigenvalue weighted by Crippen LogP contribution is 2.39. The minimum Gasteiger partial charge on any atom is -0.455 e. The molecule has 7 nitrogen and oxygen atoms in total. The molecule has 5 rings (SSSR count). The molecule has 45 heavy (non-hydrogen) atoms. The van der Waals surface area contributed by atoms with Gasteiger partial charge in [-0.05, 0) is 81.7 Å². The predicted octanol–water partition coefficient (Wildman–Crippen LogP) is 6.05. The second-order valence-electron chi connectivity index (χ2n) is 13.7. The lowest BCUT2D eigenvalue weighted by molar-refractivity contribution is -0.132. The largest absolute Gasteiger partial charge is 0.455 e. The number of amides is 2. The predicted molar refractivity (Wildman–Crippen MR) is 177 cm³/mol. The molecule has 1 aliphatic carbocycles. The molecule has 0 radical (unpaired) electrons. The number of ether oxygens (including phenoxy) is 1. The number of benzene rings is 3. The van der Waals surface area contributed by atoms with E-state index in [4.69, 9.17) is 4.74 Å². The van der Waals surface area contributed by atoms with E-state index >= 15 is 0 Å². The van der Waals surface area contributed by atoms with Crippen molar-refractivity contribution in [1.29, 1.82) is 0 Å². The molecule has 5 atom stereocenters. The highest BCUT2D eigenvalue weighted by Gasteiger charge is 2.42. The quantitative estimate of drug-likeness (QED) is 0.274. The number of carbonyl (C=O) groups is 3. The summed E-state index contributed by atoms with van der Waals surface area (Å²) in [4.78, 5) is 43.2. The fourth-order valence-corrected chi connectivity index (χ4v) is 6.87. The molecular weight excluding hydrogens is 562 g/mol. The topological polar surface area (TPSA) is 87.7 Å². The van der Waals surface area contributed by atoms with Crippen molar-refractivity contribution in [3.63, 3.8) is 0 Å². The van der Waals surface area contributed by atoms with Gasteiger partial charge in [0.1, 0.15) is 6.10 Å². The third-order valence-electron chi connectivity index (χ3n) is 9.09. The zero-order valence-electron chi connectivity index (χ0n) is 26.8. The van der Waals surface area contributed by atoms with E-state index in [-0.39, 0.29) is 23.4 Å². The van der Waals surface area contributed by atoms with Crippen LogP contribution in [0.2, 0.25) is 0 Å². The van der Waals surface area contributed by atoms with Crippen LogP contribution in [0.15, 0.2) is 91.0 Å². The number of piperidine rings is 1. The van der Waals surface area contributed by atoms with E-state index in [9.17, 15) is 14.4 Å². The highest BCUT2D eigenvalue weighted by atomic mass is 16.5. The fraction of sp³-hybridized carbons (Fsp3) is 0.447. The Morgan fingerprint density at radius 1 is 0.822 bits per heavy atom. The minimum atomic E-state index is -0.712. The van der Waals surface area contributed by atoms with Crippen LogP contribution in [0.1, 0.15) is 79.2 Å². The van der Waals surface area contributed by atoms with Gasteiger partial charge in [-0.3, -0.25) is 14.5 Å². The highest BCUT2D eigenvalue weighted by molar-refractivity contribution is 5.94. The fourth-order valence-electron chi connectivity index (χ4n) is 6.87. The van der Waals surface area contributed by atoms with Crippen LogP contribution in [-0.4, -0.2) is 59.5 Å². The van der Waals surface area contributed by atoms with Gasteiger partial charge < -0.3 is 15.4 Å². The lowest BCUT2D eigenvalue weighted by Gasteiger charge is -2.47. The Morgan fingerprint density at radius 3 is 2.02 bits per heavy atom. The summed E-state index contributed by atoms with van der Waals surface area (Å²) in [5.41, 5.74) is 1.63. The van der Waals surface area contributed by atoms with Crippen LogP contribution >= 0.6 is 0 Å². The maximum Gasteiger partial charge on any atom is 0.338 e. The van der Waals surface area contributed by atoms with Crippen LogP contribution in [0.25, 0.3) is 0 Å². The van der Waals surface area contributed by atoms with Gasteiger partial charge in [-0.25, -0.2) is 4.79 Å². The van der Waals surface area contributed by atoms with E-state index < -0.39 is 18.1 Å². The molecule has 2 amide bonds. The average molecular weight is 610 g/mol. The Balaban J connectivity index is 1.49. The maximum absolute atomic E-state index is 13.8. The van der Waals surface area contributed by atoms with Crippen LogP contribution in [0.5, 0.6) is 0 Å². The molecule has 238 valence electrons. The van der Waals surface area contributed by atoms with Crippen molar-refractivity contribution < 1.29 is 19.1 Å². The lowest BCUT2D eigenvalue weighted by atomic mass is 9.72. The first-order chi connectivity index (χ1) is 21.7. The van der Waals surface area contributed by atoms with Crippen LogP contribution in [0, 0.1) is 11.8 Å². The lowest BCUT2D eigenvalue weighted by Crippen LogP contribution is -2.61. The van der Waals surface area contributed by atoms with Crippen molar-refractivity contribution in [2.45, 2.75) is 83.0 Å². The first kappa shape index (κ1) is 32.4. The molecule has 0 bridgehead atoms. The first-order valence-electron chi connectivity index (χ1n) is 16.4. The summed E-state index contributed by atoms with van der Waals surface area (Å²) >= 11 is 0. The van der Waals surface area contributed by atoms with E-state index in [1.54, 1.807) is 24.3 Å². The van der Waals surface area contributed by atoms with E-state index in [1.165, 1.54) is 12.8 Å². The number of fused-ring (bicyclic) bond motifs is 1. The van der Waals surface area contributed by atoms with Crippen molar-refractivity contribution in [1.82, 2.24) is 15.5 Å². The number of rotatable bonds is 10. The molecule has 1 aliphatic heterocycles. The van der Waals surface area contributed by atoms with Crippen LogP contribution in [-0.2, 0) is 16.0 Å². The number of likely N-dealkylation sites (tertiary alicyclic amines) is 1. The molecule has 3 aromatic carbocycles. The van der Waals surface area contributed by atoms with Crippen LogP contribution in [0.4, 0.5) is 0 Å². The third-order valence-corrected chi connectivity index (χ3v) is 9.09. The number of nitrogens with one attached hydrogen (secondary N) is 2. The molecule has 1 saturated carbocycles. The molecule has 2 aliphatic rings. The molecule has 0 aromatic heterocycles. The maximum atomic E-state index is 13.8. The standard InChI is InChI=1S/C38H47N3O4/c1-38(2,3)40-36(43)33-24-30-21-13-14-22-31(30)25-41(33)26-34(45-37(44)29-19-11-6-12-20-29)32(23-27-15-7-4-8-16-27)39-35(42)28-17-9-5-10-18-28/h4-12,15-20,30-34H,13-14,21-26H2,1-3H3,(H,39,42)(H,40,43)/t30-,31+,32-,33-,34+/m0/s1. The van der Waals surface area contributed by atoms with Gasteiger partial charge in [-0.15, -0.1) is 0 Å².